The molecule has 0 fully saturated rings. The molecule has 9 aromatic heterocycles. The molecule has 0 aliphatic heterocycles. The molecule has 0 bridgehead atoms. The Bertz CT molecular complexity index is 10200. The molecule has 12 heteroatoms. The van der Waals surface area contributed by atoms with Crippen molar-refractivity contribution in [1.82, 2.24) is 52.7 Å². The highest BCUT2D eigenvalue weighted by molar-refractivity contribution is 7.27. The first kappa shape index (κ1) is 78.3. The van der Waals surface area contributed by atoms with Gasteiger partial charge in [-0.1, -0.05) is 340 Å². The van der Waals surface area contributed by atoms with Gasteiger partial charge in [-0.2, -0.15) is 0 Å². The summed E-state index contributed by atoms with van der Waals surface area (Å²) in [6.07, 6.45) is 0. The molecule has 0 N–H and O–H groups in total. The number of benzene rings is 21. The topological polar surface area (TPSA) is 102 Å². The van der Waals surface area contributed by atoms with Gasteiger partial charge < -0.3 is 13.7 Å². The van der Waals surface area contributed by atoms with Crippen molar-refractivity contribution >= 4 is 206 Å². The minimum Gasteiger partial charge on any atom is -0.309 e. The van der Waals surface area contributed by atoms with Crippen LogP contribution in [0, 0.1) is 0 Å². The molecule has 30 aromatic rings. The number of thiophene rings is 1. The molecule has 0 amide bonds. The second-order valence-electron chi connectivity index (χ2n) is 35.4. The van der Waals surface area contributed by atoms with Gasteiger partial charge in [0.05, 0.1) is 93.5 Å². The third kappa shape index (κ3) is 12.3. The second kappa shape index (κ2) is 31.7. The van der Waals surface area contributed by atoms with Gasteiger partial charge in [-0.15, -0.1) is 11.3 Å². The lowest BCUT2D eigenvalue weighted by molar-refractivity contribution is 1.01. The zero-order valence-corrected chi connectivity index (χ0v) is 75.1. The van der Waals surface area contributed by atoms with Crippen molar-refractivity contribution in [3.63, 3.8) is 0 Å². The Labute approximate surface area is 793 Å². The van der Waals surface area contributed by atoms with E-state index in [9.17, 15) is 0 Å². The SMILES string of the molecule is c1ccc(-c2nc(-c3ccc(-n4c5ccccc5c5c6ccc7c(c6ccc54)c4ccccc4n7-c4ccccc4)cc3)nc3ccccc23)cc1.c1ccc(-c2nc(-n3c4cc5c6ccccc6n(-c6ccccc6)c5cc4c4c5ccccc5ccc43)nc3ccccc23)cc1.c1ccc(-c2nc(-n3c4ccccc4c4c5ccccc5c5c6ccccc6sc5c43)nc3ccccc23)cc1. The molecule has 0 saturated heterocycles. The van der Waals surface area contributed by atoms with Crippen molar-refractivity contribution in [3.05, 3.63) is 467 Å². The van der Waals surface area contributed by atoms with E-state index in [1.165, 1.54) is 151 Å². The fraction of sp³-hybridized carbons (Fsp3) is 0. The predicted octanol–water partition coefficient (Wildman–Crippen LogP) is 32.9. The maximum atomic E-state index is 5.34. The van der Waals surface area contributed by atoms with E-state index in [0.717, 1.165) is 106 Å². The fourth-order valence-electron chi connectivity index (χ4n) is 21.9. The first-order valence-electron chi connectivity index (χ1n) is 46.7. The summed E-state index contributed by atoms with van der Waals surface area (Å²) in [5.74, 6) is 2.08. The van der Waals surface area contributed by atoms with Crippen LogP contribution in [0.25, 0.3) is 268 Å². The summed E-state index contributed by atoms with van der Waals surface area (Å²) >= 11 is 1.86. The maximum Gasteiger partial charge on any atom is 0.235 e. The average molecular weight is 1780 g/mol. The van der Waals surface area contributed by atoms with Gasteiger partial charge in [-0.25, -0.2) is 29.9 Å². The van der Waals surface area contributed by atoms with E-state index in [1.54, 1.807) is 0 Å². The zero-order chi connectivity index (χ0) is 90.6. The minimum absolute atomic E-state index is 0.666. The van der Waals surface area contributed by atoms with Gasteiger partial charge in [0.15, 0.2) is 5.82 Å². The van der Waals surface area contributed by atoms with Crippen LogP contribution in [0.5, 0.6) is 0 Å². The molecule has 0 unspecified atom stereocenters. The van der Waals surface area contributed by atoms with Crippen molar-refractivity contribution in [2.45, 2.75) is 0 Å². The highest BCUT2D eigenvalue weighted by Crippen LogP contribution is 2.51. The molecule has 0 aliphatic carbocycles. The molecule has 0 atom stereocenters. The van der Waals surface area contributed by atoms with Gasteiger partial charge in [0.2, 0.25) is 11.9 Å². The van der Waals surface area contributed by atoms with E-state index in [1.807, 2.05) is 41.7 Å². The molecular formula is C126H77N11S. The predicted molar refractivity (Wildman–Crippen MR) is 577 cm³/mol. The normalized spacial score (nSPS) is 11.9. The summed E-state index contributed by atoms with van der Waals surface area (Å²) in [5, 5.41) is 25.5. The van der Waals surface area contributed by atoms with E-state index in [-0.39, 0.29) is 0 Å². The molecule has 0 saturated carbocycles. The summed E-state index contributed by atoms with van der Waals surface area (Å²) in [4.78, 5) is 31.2. The van der Waals surface area contributed by atoms with Gasteiger partial charge >= 0.3 is 0 Å². The Morgan fingerprint density at radius 3 is 1.06 bits per heavy atom. The number of hydrogen-bond acceptors (Lipinski definition) is 7. The third-order valence-electron chi connectivity index (χ3n) is 27.8. The molecule has 11 nitrogen and oxygen atoms in total. The average Bonchev–Trinajstić information content (AvgIpc) is 1.52. The number of nitrogens with zero attached hydrogens (tertiary/aromatic N) is 11. The summed E-state index contributed by atoms with van der Waals surface area (Å²) < 4.78 is 14.3. The van der Waals surface area contributed by atoms with Crippen LogP contribution in [0.3, 0.4) is 0 Å². The third-order valence-corrected chi connectivity index (χ3v) is 29.0. The number of fused-ring (bicyclic) bond motifs is 30. The first-order valence-corrected chi connectivity index (χ1v) is 47.5. The van der Waals surface area contributed by atoms with Gasteiger partial charge in [-0.05, 0) is 160 Å². The highest BCUT2D eigenvalue weighted by atomic mass is 32.1. The minimum atomic E-state index is 0.666. The van der Waals surface area contributed by atoms with Crippen LogP contribution >= 0.6 is 11.3 Å². The Hall–Kier alpha value is -18.4. The number of aromatic nitrogens is 11. The molecule has 30 rings (SSSR count). The lowest BCUT2D eigenvalue weighted by Crippen LogP contribution is -2.03. The Morgan fingerprint density at radius 1 is 0.174 bits per heavy atom. The van der Waals surface area contributed by atoms with Gasteiger partial charge in [0.25, 0.3) is 0 Å². The smallest absolute Gasteiger partial charge is 0.235 e. The first-order chi connectivity index (χ1) is 68.5. The van der Waals surface area contributed by atoms with Crippen molar-refractivity contribution in [2.75, 3.05) is 0 Å². The van der Waals surface area contributed by atoms with E-state index in [2.05, 4.69) is 460 Å². The van der Waals surface area contributed by atoms with Gasteiger partial charge in [0.1, 0.15) is 0 Å². The van der Waals surface area contributed by atoms with Crippen LogP contribution in [0.1, 0.15) is 0 Å². The lowest BCUT2D eigenvalue weighted by atomic mass is 9.99. The van der Waals surface area contributed by atoms with Crippen LogP contribution in [-0.2, 0) is 0 Å². The van der Waals surface area contributed by atoms with E-state index < -0.39 is 0 Å². The largest absolute Gasteiger partial charge is 0.309 e. The summed E-state index contributed by atoms with van der Waals surface area (Å²) in [6, 6.07) is 166. The monoisotopic (exact) mass is 1780 g/mol. The molecule has 21 aromatic carbocycles. The van der Waals surface area contributed by atoms with Crippen molar-refractivity contribution in [2.24, 2.45) is 0 Å². The molecule has 138 heavy (non-hydrogen) atoms. The molecule has 0 radical (unpaired) electrons. The number of hydrogen-bond donors (Lipinski definition) is 0. The number of para-hydroxylation sites is 9. The molecule has 0 aliphatic rings. The highest BCUT2D eigenvalue weighted by Gasteiger charge is 2.28. The molecule has 9 heterocycles. The van der Waals surface area contributed by atoms with Crippen LogP contribution in [0.4, 0.5) is 0 Å². The van der Waals surface area contributed by atoms with Crippen molar-refractivity contribution in [1.29, 1.82) is 0 Å². The quantitative estimate of drug-likeness (QED) is 0.143. The summed E-state index contributed by atoms with van der Waals surface area (Å²) in [7, 11) is 0. The van der Waals surface area contributed by atoms with Crippen LogP contribution in [0.2, 0.25) is 0 Å². The summed E-state index contributed by atoms with van der Waals surface area (Å²) in [5.41, 5.74) is 24.8. The molecule has 0 spiro atoms. The van der Waals surface area contributed by atoms with Gasteiger partial charge in [0, 0.05) is 125 Å². The Morgan fingerprint density at radius 2 is 0.522 bits per heavy atom. The van der Waals surface area contributed by atoms with Crippen molar-refractivity contribution in [3.8, 4) is 74.1 Å². The van der Waals surface area contributed by atoms with Gasteiger partial charge in [-0.3, -0.25) is 9.13 Å². The lowest BCUT2D eigenvalue weighted by Gasteiger charge is -2.12. The number of rotatable bonds is 9. The Kier molecular flexibility index (Phi) is 18.0. The zero-order valence-electron chi connectivity index (χ0n) is 74.3. The van der Waals surface area contributed by atoms with E-state index in [4.69, 9.17) is 29.9 Å². The Balaban J connectivity index is 0.000000103. The van der Waals surface area contributed by atoms with Crippen molar-refractivity contribution < 1.29 is 0 Å². The van der Waals surface area contributed by atoms with Crippen LogP contribution in [0.15, 0.2) is 467 Å². The molecule has 642 valence electrons. The fourth-order valence-corrected chi connectivity index (χ4v) is 23.1. The standard InChI is InChI=1S/C48H30N4.C42H26N4.C36H21N3S/c1-3-13-31(14-4-1)47-37-17-7-10-20-40(37)49-48(50-47)32-23-25-34(26-24-32)52-42-22-12-9-19-39(42)46-36-27-29-43-45(35(36)28-30-44(46)52)38-18-8-11-21-41(38)51(43)33-15-5-2-6-16-33;1-3-14-28(15-4-1)41-32-20-9-11-21-35(32)43-42(44-41)46-37-24-23-27-13-7-8-18-30(27)40(37)34-26-38-33(25-39(34)46)31-19-10-12-22-36(31)45(38)29-16-5-2-6-17-29;1-2-12-22(13-3-1)33-25-16-6-9-19-28(25)37-36(38-33)39-29-20-10-7-17-26(29)31-23-14-4-5-15-24(23)32-27-18-8-11-21-30(27)40-35(32)34(31)39/h1-30H;1-26H;1-21H. The van der Waals surface area contributed by atoms with Crippen LogP contribution in [-0.4, -0.2) is 52.7 Å². The maximum absolute atomic E-state index is 5.34. The van der Waals surface area contributed by atoms with E-state index in [0.29, 0.717) is 11.9 Å². The molecular weight excluding hydrogens is 1700 g/mol. The van der Waals surface area contributed by atoms with E-state index >= 15 is 0 Å². The second-order valence-corrected chi connectivity index (χ2v) is 36.5. The summed E-state index contributed by atoms with van der Waals surface area (Å²) in [6.45, 7) is 0. The van der Waals surface area contributed by atoms with Crippen LogP contribution < -0.4 is 0 Å².